The molecule has 1 atom stereocenters. The van der Waals surface area contributed by atoms with Crippen molar-refractivity contribution >= 4 is 47.4 Å². The first-order chi connectivity index (χ1) is 12.1. The molecule has 0 radical (unpaired) electrons. The minimum atomic E-state index is 0. The largest absolute Gasteiger partial charge is 0.380 e. The molecule has 26 heavy (non-hydrogen) atoms. The van der Waals surface area contributed by atoms with Crippen LogP contribution in [-0.4, -0.2) is 56.9 Å². The quantitative estimate of drug-likeness (QED) is 0.251. The third-order valence-electron chi connectivity index (χ3n) is 4.17. The van der Waals surface area contributed by atoms with Crippen molar-refractivity contribution in [1.29, 1.82) is 0 Å². The maximum Gasteiger partial charge on any atom is 0.191 e. The van der Waals surface area contributed by atoms with Crippen molar-refractivity contribution in [3.63, 3.8) is 0 Å². The number of aromatic nitrogens is 1. The molecular formula is C18H31ClIN5O. The van der Waals surface area contributed by atoms with Gasteiger partial charge in [0.05, 0.1) is 11.6 Å². The summed E-state index contributed by atoms with van der Waals surface area (Å²) in [4.78, 5) is 10.9. The average molecular weight is 496 g/mol. The van der Waals surface area contributed by atoms with Crippen molar-refractivity contribution in [1.82, 2.24) is 15.6 Å². The second-order valence-corrected chi connectivity index (χ2v) is 7.09. The number of nitrogens with one attached hydrogen (secondary N) is 2. The lowest BCUT2D eigenvalue weighted by Crippen LogP contribution is -2.45. The Hall–Kier alpha value is -0.800. The molecule has 2 heterocycles. The minimum Gasteiger partial charge on any atom is -0.380 e. The summed E-state index contributed by atoms with van der Waals surface area (Å²) < 4.78 is 5.62. The summed E-state index contributed by atoms with van der Waals surface area (Å²) in [5, 5.41) is 7.47. The predicted molar refractivity (Wildman–Crippen MR) is 120 cm³/mol. The third-order valence-corrected chi connectivity index (χ3v) is 4.46. The van der Waals surface area contributed by atoms with Crippen LogP contribution in [0.1, 0.15) is 26.7 Å². The first-order valence-electron chi connectivity index (χ1n) is 9.00. The highest BCUT2D eigenvalue weighted by atomic mass is 127. The Kier molecular flexibility index (Phi) is 11.2. The maximum atomic E-state index is 6.24. The first-order valence-corrected chi connectivity index (χ1v) is 9.38. The van der Waals surface area contributed by atoms with Crippen LogP contribution in [0.2, 0.25) is 5.02 Å². The monoisotopic (exact) mass is 495 g/mol. The first kappa shape index (κ1) is 23.2. The highest BCUT2D eigenvalue weighted by Crippen LogP contribution is 2.25. The molecule has 1 fully saturated rings. The predicted octanol–water partition coefficient (Wildman–Crippen LogP) is 3.16. The second-order valence-electron chi connectivity index (χ2n) is 6.68. The number of hydrogen-bond acceptors (Lipinski definition) is 4. The summed E-state index contributed by atoms with van der Waals surface area (Å²) in [5.74, 6) is 2.35. The van der Waals surface area contributed by atoms with Gasteiger partial charge in [0, 0.05) is 45.5 Å². The van der Waals surface area contributed by atoms with Gasteiger partial charge in [0.1, 0.15) is 5.82 Å². The molecule has 0 aliphatic carbocycles. The fourth-order valence-corrected chi connectivity index (χ4v) is 2.97. The molecule has 1 saturated heterocycles. The van der Waals surface area contributed by atoms with Gasteiger partial charge in [-0.3, -0.25) is 4.99 Å². The Labute approximate surface area is 179 Å². The minimum absolute atomic E-state index is 0. The maximum absolute atomic E-state index is 6.24. The van der Waals surface area contributed by atoms with Gasteiger partial charge < -0.3 is 20.3 Å². The molecule has 2 rings (SSSR count). The molecule has 0 amide bonds. The SMILES string of the molecule is CN=C(NCCOCCC(C)C)NC1CCN(c2ncccc2Cl)C1.I. The summed E-state index contributed by atoms with van der Waals surface area (Å²) in [7, 11) is 1.79. The van der Waals surface area contributed by atoms with Gasteiger partial charge in [-0.1, -0.05) is 25.4 Å². The van der Waals surface area contributed by atoms with Crippen LogP contribution in [0.3, 0.4) is 0 Å². The van der Waals surface area contributed by atoms with Crippen LogP contribution in [0.25, 0.3) is 0 Å². The molecule has 148 valence electrons. The van der Waals surface area contributed by atoms with E-state index in [2.05, 4.69) is 39.4 Å². The Morgan fingerprint density at radius 2 is 2.27 bits per heavy atom. The molecule has 1 aromatic heterocycles. The van der Waals surface area contributed by atoms with Crippen LogP contribution in [0.5, 0.6) is 0 Å². The Balaban J connectivity index is 0.00000338. The topological polar surface area (TPSA) is 61.8 Å². The normalized spacial score (nSPS) is 17.3. The molecule has 8 heteroatoms. The van der Waals surface area contributed by atoms with Crippen LogP contribution in [0.15, 0.2) is 23.3 Å². The fraction of sp³-hybridized carbons (Fsp3) is 0.667. The molecule has 0 spiro atoms. The lowest BCUT2D eigenvalue weighted by molar-refractivity contribution is 0.128. The van der Waals surface area contributed by atoms with E-state index in [0.717, 1.165) is 50.9 Å². The Morgan fingerprint density at radius 1 is 1.46 bits per heavy atom. The van der Waals surface area contributed by atoms with Gasteiger partial charge in [-0.05, 0) is 30.9 Å². The van der Waals surface area contributed by atoms with Crippen LogP contribution < -0.4 is 15.5 Å². The highest BCUT2D eigenvalue weighted by molar-refractivity contribution is 14.0. The van der Waals surface area contributed by atoms with Gasteiger partial charge in [0.2, 0.25) is 0 Å². The van der Waals surface area contributed by atoms with E-state index in [0.29, 0.717) is 23.6 Å². The number of ether oxygens (including phenoxy) is 1. The van der Waals surface area contributed by atoms with Crippen molar-refractivity contribution in [3.05, 3.63) is 23.4 Å². The molecule has 1 aromatic rings. The molecule has 2 N–H and O–H groups in total. The summed E-state index contributed by atoms with van der Waals surface area (Å²) >= 11 is 6.24. The molecule has 1 aliphatic rings. The molecular weight excluding hydrogens is 465 g/mol. The standard InChI is InChI=1S/C18H30ClN5O.HI/c1-14(2)7-11-25-12-9-22-18(20-3)23-15-6-10-24(13-15)17-16(19)5-4-8-21-17;/h4-5,8,14-15H,6-7,9-13H2,1-3H3,(H2,20,22,23);1H. The molecule has 6 nitrogen and oxygen atoms in total. The summed E-state index contributed by atoms with van der Waals surface area (Å²) in [6.45, 7) is 8.46. The van der Waals surface area contributed by atoms with E-state index in [-0.39, 0.29) is 24.0 Å². The van der Waals surface area contributed by atoms with Gasteiger partial charge in [-0.2, -0.15) is 0 Å². The van der Waals surface area contributed by atoms with E-state index < -0.39 is 0 Å². The summed E-state index contributed by atoms with van der Waals surface area (Å²) in [6, 6.07) is 4.06. The van der Waals surface area contributed by atoms with E-state index in [4.69, 9.17) is 16.3 Å². The average Bonchev–Trinajstić information content (AvgIpc) is 3.05. The second kappa shape index (κ2) is 12.6. The summed E-state index contributed by atoms with van der Waals surface area (Å²) in [6.07, 6.45) is 3.90. The van der Waals surface area contributed by atoms with Gasteiger partial charge in [-0.15, -0.1) is 24.0 Å². The van der Waals surface area contributed by atoms with Crippen molar-refractivity contribution in [2.75, 3.05) is 44.8 Å². The molecule has 0 bridgehead atoms. The number of nitrogens with zero attached hydrogens (tertiary/aromatic N) is 3. The van der Waals surface area contributed by atoms with Crippen LogP contribution in [0, 0.1) is 5.92 Å². The molecule has 0 aromatic carbocycles. The zero-order valence-corrected chi connectivity index (χ0v) is 19.0. The Bertz CT molecular complexity index is 558. The smallest absolute Gasteiger partial charge is 0.191 e. The van der Waals surface area contributed by atoms with E-state index in [1.165, 1.54) is 0 Å². The lowest BCUT2D eigenvalue weighted by atomic mass is 10.1. The summed E-state index contributed by atoms with van der Waals surface area (Å²) in [5.41, 5.74) is 0. The molecule has 1 unspecified atom stereocenters. The zero-order chi connectivity index (χ0) is 18.1. The number of rotatable bonds is 8. The van der Waals surface area contributed by atoms with Crippen molar-refractivity contribution in [3.8, 4) is 0 Å². The lowest BCUT2D eigenvalue weighted by Gasteiger charge is -2.20. The van der Waals surface area contributed by atoms with E-state index >= 15 is 0 Å². The number of anilines is 1. The third kappa shape index (κ3) is 7.84. The van der Waals surface area contributed by atoms with E-state index in [9.17, 15) is 0 Å². The van der Waals surface area contributed by atoms with Crippen molar-refractivity contribution in [2.24, 2.45) is 10.9 Å². The van der Waals surface area contributed by atoms with Crippen molar-refractivity contribution in [2.45, 2.75) is 32.7 Å². The number of guanidine groups is 1. The van der Waals surface area contributed by atoms with Gasteiger partial charge in [0.25, 0.3) is 0 Å². The van der Waals surface area contributed by atoms with Crippen LogP contribution in [0.4, 0.5) is 5.82 Å². The fourth-order valence-electron chi connectivity index (χ4n) is 2.73. The van der Waals surface area contributed by atoms with E-state index in [1.54, 1.807) is 13.2 Å². The van der Waals surface area contributed by atoms with E-state index in [1.807, 2.05) is 12.1 Å². The molecule has 1 aliphatic heterocycles. The highest BCUT2D eigenvalue weighted by Gasteiger charge is 2.25. The van der Waals surface area contributed by atoms with Gasteiger partial charge >= 0.3 is 0 Å². The van der Waals surface area contributed by atoms with Crippen LogP contribution in [-0.2, 0) is 4.74 Å². The van der Waals surface area contributed by atoms with Gasteiger partial charge in [-0.25, -0.2) is 4.98 Å². The number of hydrogen-bond donors (Lipinski definition) is 2. The van der Waals surface area contributed by atoms with Crippen molar-refractivity contribution < 1.29 is 4.74 Å². The van der Waals surface area contributed by atoms with Crippen LogP contribution >= 0.6 is 35.6 Å². The number of aliphatic imine (C=N–C) groups is 1. The molecule has 0 saturated carbocycles. The van der Waals surface area contributed by atoms with Gasteiger partial charge in [0.15, 0.2) is 5.96 Å². The Morgan fingerprint density at radius 3 is 2.96 bits per heavy atom. The number of halogens is 2. The number of pyridine rings is 1. The zero-order valence-electron chi connectivity index (χ0n) is 15.9.